The molecule has 1 unspecified atom stereocenters. The third kappa shape index (κ3) is 3.07. The Morgan fingerprint density at radius 1 is 1.11 bits per heavy atom. The van der Waals surface area contributed by atoms with Crippen LogP contribution in [0.2, 0.25) is 0 Å². The molecule has 3 aliphatic heterocycles. The number of hydrogen-bond acceptors (Lipinski definition) is 4. The van der Waals surface area contributed by atoms with E-state index in [1.807, 2.05) is 52.0 Å². The smallest absolute Gasteiger partial charge is 0.399 e. The van der Waals surface area contributed by atoms with Crippen LogP contribution in [0.1, 0.15) is 46.1 Å². The van der Waals surface area contributed by atoms with Gasteiger partial charge in [-0.25, -0.2) is 0 Å². The predicted molar refractivity (Wildman–Crippen MR) is 102 cm³/mol. The van der Waals surface area contributed by atoms with E-state index < -0.39 is 18.3 Å². The lowest BCUT2D eigenvalue weighted by molar-refractivity contribution is -0.154. The Balaban J connectivity index is 1.57. The van der Waals surface area contributed by atoms with Gasteiger partial charge >= 0.3 is 7.12 Å². The minimum Gasteiger partial charge on any atom is -0.399 e. The lowest BCUT2D eigenvalue weighted by Gasteiger charge is -2.36. The Morgan fingerprint density at radius 2 is 1.78 bits per heavy atom. The molecule has 3 saturated heterocycles. The average Bonchev–Trinajstić information content (AvgIpc) is 3.16. The van der Waals surface area contributed by atoms with Crippen LogP contribution < -0.4 is 5.46 Å². The van der Waals surface area contributed by atoms with Crippen molar-refractivity contribution in [2.75, 3.05) is 13.1 Å². The molecule has 3 fully saturated rings. The first-order chi connectivity index (χ1) is 12.7. The second kappa shape index (κ2) is 6.35. The molecule has 1 atom stereocenters. The number of fused-ring (bicyclic) bond motifs is 1. The fourth-order valence-corrected chi connectivity index (χ4v) is 4.08. The molecule has 1 aromatic carbocycles. The van der Waals surface area contributed by atoms with Gasteiger partial charge in [0.2, 0.25) is 11.8 Å². The molecule has 0 bridgehead atoms. The highest BCUT2D eigenvalue weighted by molar-refractivity contribution is 6.62. The zero-order valence-electron chi connectivity index (χ0n) is 16.5. The first kappa shape index (κ1) is 18.5. The van der Waals surface area contributed by atoms with Crippen molar-refractivity contribution < 1.29 is 18.9 Å². The zero-order chi connectivity index (χ0) is 19.4. The number of carbonyl (C=O) groups is 2. The summed E-state index contributed by atoms with van der Waals surface area (Å²) in [6.45, 7) is 9.35. The van der Waals surface area contributed by atoms with E-state index in [9.17, 15) is 9.59 Å². The summed E-state index contributed by atoms with van der Waals surface area (Å²) in [5, 5.41) is 0. The van der Waals surface area contributed by atoms with E-state index in [2.05, 4.69) is 0 Å². The van der Waals surface area contributed by atoms with Crippen LogP contribution in [0.5, 0.6) is 0 Å². The second-order valence-electron chi connectivity index (χ2n) is 8.73. The Labute approximate surface area is 160 Å². The quantitative estimate of drug-likeness (QED) is 0.753. The molecule has 0 N–H and O–H groups in total. The van der Waals surface area contributed by atoms with Crippen LogP contribution in [0.25, 0.3) is 0 Å². The van der Waals surface area contributed by atoms with Crippen molar-refractivity contribution in [3.8, 4) is 0 Å². The van der Waals surface area contributed by atoms with Crippen LogP contribution in [0.15, 0.2) is 24.3 Å². The van der Waals surface area contributed by atoms with Gasteiger partial charge < -0.3 is 19.1 Å². The molecular formula is C20H27BN2O4. The third-order valence-electron chi connectivity index (χ3n) is 6.42. The number of nitrogens with zero attached hydrogens (tertiary/aromatic N) is 2. The van der Waals surface area contributed by atoms with Gasteiger partial charge in [-0.05, 0) is 51.6 Å². The van der Waals surface area contributed by atoms with E-state index in [4.69, 9.17) is 9.31 Å². The summed E-state index contributed by atoms with van der Waals surface area (Å²) in [5.74, 6) is 0.0982. The van der Waals surface area contributed by atoms with E-state index in [0.717, 1.165) is 23.9 Å². The number of hydrogen-bond donors (Lipinski definition) is 0. The van der Waals surface area contributed by atoms with Gasteiger partial charge in [-0.15, -0.1) is 0 Å². The van der Waals surface area contributed by atoms with Crippen LogP contribution in [0, 0.1) is 0 Å². The van der Waals surface area contributed by atoms with Gasteiger partial charge in [0.05, 0.1) is 11.2 Å². The highest BCUT2D eigenvalue weighted by Crippen LogP contribution is 2.36. The zero-order valence-corrected chi connectivity index (χ0v) is 16.5. The van der Waals surface area contributed by atoms with Crippen LogP contribution >= 0.6 is 0 Å². The molecule has 27 heavy (non-hydrogen) atoms. The van der Waals surface area contributed by atoms with Gasteiger partial charge in [-0.2, -0.15) is 0 Å². The molecule has 2 amide bonds. The highest BCUT2D eigenvalue weighted by Gasteiger charge is 2.52. The van der Waals surface area contributed by atoms with E-state index in [1.165, 1.54) is 0 Å². The summed E-state index contributed by atoms with van der Waals surface area (Å²) in [6, 6.07) is 7.58. The Hall–Kier alpha value is -1.86. The van der Waals surface area contributed by atoms with Crippen molar-refractivity contribution in [2.24, 2.45) is 0 Å². The lowest BCUT2D eigenvalue weighted by Crippen LogP contribution is -2.57. The van der Waals surface area contributed by atoms with Crippen molar-refractivity contribution in [3.05, 3.63) is 29.8 Å². The Kier molecular flexibility index (Phi) is 4.35. The summed E-state index contributed by atoms with van der Waals surface area (Å²) >= 11 is 0. The van der Waals surface area contributed by atoms with Crippen molar-refractivity contribution in [2.45, 2.75) is 64.3 Å². The predicted octanol–water partition coefficient (Wildman–Crippen LogP) is 1.32. The summed E-state index contributed by atoms with van der Waals surface area (Å²) in [4.78, 5) is 28.7. The maximum atomic E-state index is 12.9. The first-order valence-corrected chi connectivity index (χ1v) is 9.71. The average molecular weight is 370 g/mol. The minimum absolute atomic E-state index is 0.0465. The van der Waals surface area contributed by atoms with Crippen LogP contribution in [-0.4, -0.2) is 59.1 Å². The molecule has 0 radical (unpaired) electrons. The standard InChI is InChI=1S/C20H27BN2O4/c1-19(2)20(3,4)27-21(26-19)15-9-6-5-8-14(15)12-22-13-17(24)23-11-7-10-16(23)18(22)25/h5-6,8-9,16H,7,10-13H2,1-4H3. The summed E-state index contributed by atoms with van der Waals surface area (Å²) in [5.41, 5.74) is 1.03. The first-order valence-electron chi connectivity index (χ1n) is 9.71. The number of rotatable bonds is 3. The molecule has 4 rings (SSSR count). The van der Waals surface area contributed by atoms with Crippen LogP contribution in [-0.2, 0) is 25.4 Å². The molecule has 3 heterocycles. The molecule has 3 aliphatic rings. The SMILES string of the molecule is CC1(C)OB(c2ccccc2CN2CC(=O)N3CCCC3C2=O)OC1(C)C. The second-order valence-corrected chi connectivity index (χ2v) is 8.73. The number of piperazine rings is 1. The summed E-state index contributed by atoms with van der Waals surface area (Å²) < 4.78 is 12.4. The summed E-state index contributed by atoms with van der Waals surface area (Å²) in [7, 11) is -0.482. The fraction of sp³-hybridized carbons (Fsp3) is 0.600. The molecule has 0 aliphatic carbocycles. The topological polar surface area (TPSA) is 59.1 Å². The van der Waals surface area contributed by atoms with E-state index in [0.29, 0.717) is 13.1 Å². The van der Waals surface area contributed by atoms with Crippen molar-refractivity contribution in [1.29, 1.82) is 0 Å². The molecule has 1 aromatic rings. The molecule has 0 saturated carbocycles. The fourth-order valence-electron chi connectivity index (χ4n) is 4.08. The van der Waals surface area contributed by atoms with E-state index >= 15 is 0 Å². The number of amides is 2. The van der Waals surface area contributed by atoms with Crippen LogP contribution in [0.3, 0.4) is 0 Å². The van der Waals surface area contributed by atoms with Crippen LogP contribution in [0.4, 0.5) is 0 Å². The molecular weight excluding hydrogens is 343 g/mol. The van der Waals surface area contributed by atoms with Gasteiger partial charge in [0.1, 0.15) is 12.6 Å². The number of benzene rings is 1. The third-order valence-corrected chi connectivity index (χ3v) is 6.42. The Morgan fingerprint density at radius 3 is 2.48 bits per heavy atom. The van der Waals surface area contributed by atoms with Crippen molar-refractivity contribution in [1.82, 2.24) is 9.80 Å². The van der Waals surface area contributed by atoms with E-state index in [1.54, 1.807) is 9.80 Å². The van der Waals surface area contributed by atoms with E-state index in [-0.39, 0.29) is 24.4 Å². The van der Waals surface area contributed by atoms with Gasteiger partial charge in [0.15, 0.2) is 0 Å². The molecule has 6 nitrogen and oxygen atoms in total. The van der Waals surface area contributed by atoms with Gasteiger partial charge in [0.25, 0.3) is 0 Å². The molecule has 0 spiro atoms. The highest BCUT2D eigenvalue weighted by atomic mass is 16.7. The monoisotopic (exact) mass is 370 g/mol. The van der Waals surface area contributed by atoms with Gasteiger partial charge in [-0.1, -0.05) is 24.3 Å². The molecule has 7 heteroatoms. The summed E-state index contributed by atoms with van der Waals surface area (Å²) in [6.07, 6.45) is 1.67. The van der Waals surface area contributed by atoms with Gasteiger partial charge in [-0.3, -0.25) is 9.59 Å². The maximum Gasteiger partial charge on any atom is 0.495 e. The lowest BCUT2D eigenvalue weighted by atomic mass is 9.76. The maximum absolute atomic E-state index is 12.9. The van der Waals surface area contributed by atoms with Crippen molar-refractivity contribution in [3.63, 3.8) is 0 Å². The largest absolute Gasteiger partial charge is 0.495 e. The van der Waals surface area contributed by atoms with Gasteiger partial charge in [0, 0.05) is 13.1 Å². The number of carbonyl (C=O) groups excluding carboxylic acids is 2. The normalized spacial score (nSPS) is 26.7. The van der Waals surface area contributed by atoms with Crippen molar-refractivity contribution >= 4 is 24.4 Å². The molecule has 0 aromatic heterocycles. The minimum atomic E-state index is -0.482. The molecule has 144 valence electrons. The Bertz CT molecular complexity index is 763.